The number of hydrogen-bond acceptors (Lipinski definition) is 4. The molecule has 1 fully saturated rings. The van der Waals surface area contributed by atoms with Crippen molar-refractivity contribution >= 4 is 5.82 Å². The lowest BCUT2D eigenvalue weighted by atomic mass is 10.1. The van der Waals surface area contributed by atoms with Crippen LogP contribution in [0.4, 0.5) is 5.82 Å². The van der Waals surface area contributed by atoms with Gasteiger partial charge in [-0.3, -0.25) is 9.78 Å². The van der Waals surface area contributed by atoms with Crippen molar-refractivity contribution in [3.8, 4) is 0 Å². The van der Waals surface area contributed by atoms with Crippen molar-refractivity contribution in [1.82, 2.24) is 14.5 Å². The monoisotopic (exact) mass is 256 g/mol. The van der Waals surface area contributed by atoms with Crippen LogP contribution in [0.5, 0.6) is 0 Å². The Morgan fingerprint density at radius 3 is 3.05 bits per heavy atom. The molecule has 0 aromatic carbocycles. The molecule has 0 saturated carbocycles. The Labute approximate surface area is 111 Å². The zero-order valence-electron chi connectivity index (χ0n) is 10.9. The third-order valence-corrected chi connectivity index (χ3v) is 3.59. The molecule has 3 rings (SSSR count). The average Bonchev–Trinajstić information content (AvgIpc) is 2.92. The van der Waals surface area contributed by atoms with Gasteiger partial charge >= 0.3 is 0 Å². The summed E-state index contributed by atoms with van der Waals surface area (Å²) in [6.45, 7) is 0.867. The van der Waals surface area contributed by atoms with Gasteiger partial charge in [-0.15, -0.1) is 0 Å². The van der Waals surface area contributed by atoms with E-state index in [9.17, 15) is 4.79 Å². The molecule has 2 aromatic heterocycles. The molecule has 0 radical (unpaired) electrons. The van der Waals surface area contributed by atoms with Gasteiger partial charge in [-0.25, -0.2) is 4.98 Å². The summed E-state index contributed by atoms with van der Waals surface area (Å²) in [4.78, 5) is 22.7. The third kappa shape index (κ3) is 2.12. The van der Waals surface area contributed by atoms with Crippen molar-refractivity contribution in [3.05, 3.63) is 52.8 Å². The van der Waals surface area contributed by atoms with Crippen molar-refractivity contribution in [3.63, 3.8) is 0 Å². The number of rotatable bonds is 2. The Morgan fingerprint density at radius 2 is 2.26 bits per heavy atom. The molecule has 1 atom stereocenters. The van der Waals surface area contributed by atoms with E-state index in [-0.39, 0.29) is 11.6 Å². The quantitative estimate of drug-likeness (QED) is 0.817. The van der Waals surface area contributed by atoms with Crippen molar-refractivity contribution in [2.45, 2.75) is 18.9 Å². The number of aromatic nitrogens is 3. The summed E-state index contributed by atoms with van der Waals surface area (Å²) in [5.74, 6) is 0.538. The second-order valence-corrected chi connectivity index (χ2v) is 4.80. The first-order valence-corrected chi connectivity index (χ1v) is 6.45. The number of hydrogen-bond donors (Lipinski definition) is 0. The summed E-state index contributed by atoms with van der Waals surface area (Å²) in [6, 6.07) is 4.20. The molecule has 1 saturated heterocycles. The predicted octanol–water partition coefficient (Wildman–Crippen LogP) is 1.52. The number of anilines is 1. The first-order valence-electron chi connectivity index (χ1n) is 6.45. The van der Waals surface area contributed by atoms with Gasteiger partial charge in [0.05, 0.1) is 6.04 Å². The van der Waals surface area contributed by atoms with E-state index in [1.165, 1.54) is 0 Å². The molecule has 0 spiro atoms. The summed E-state index contributed by atoms with van der Waals surface area (Å²) in [5.41, 5.74) is 1.10. The van der Waals surface area contributed by atoms with Gasteiger partial charge in [0, 0.05) is 38.4 Å². The Balaban J connectivity index is 2.00. The summed E-state index contributed by atoms with van der Waals surface area (Å²) in [5, 5.41) is 0. The largest absolute Gasteiger partial charge is 0.345 e. The minimum absolute atomic E-state index is 0.0432. The molecule has 2 aromatic rings. The lowest BCUT2D eigenvalue weighted by Gasteiger charge is -2.25. The minimum atomic E-state index is -0.0432. The highest BCUT2D eigenvalue weighted by atomic mass is 16.1. The average molecular weight is 256 g/mol. The second-order valence-electron chi connectivity index (χ2n) is 4.80. The maximum atomic E-state index is 12.2. The van der Waals surface area contributed by atoms with Crippen LogP contribution < -0.4 is 10.5 Å². The first-order chi connectivity index (χ1) is 9.27. The molecule has 1 unspecified atom stereocenters. The van der Waals surface area contributed by atoms with Crippen LogP contribution in [0.1, 0.15) is 24.4 Å². The standard InChI is InChI=1S/C14H16N4O/c1-17-9-7-16-13(14(17)19)18-8-3-5-12(18)11-4-2-6-15-10-11/h2,4,6-7,9-10,12H,3,5,8H2,1H3. The van der Waals surface area contributed by atoms with E-state index in [0.29, 0.717) is 5.82 Å². The van der Waals surface area contributed by atoms with E-state index in [0.717, 1.165) is 24.9 Å². The Morgan fingerprint density at radius 1 is 1.37 bits per heavy atom. The van der Waals surface area contributed by atoms with Gasteiger partial charge in [0.25, 0.3) is 5.56 Å². The van der Waals surface area contributed by atoms with E-state index >= 15 is 0 Å². The highest BCUT2D eigenvalue weighted by molar-refractivity contribution is 5.41. The van der Waals surface area contributed by atoms with Gasteiger partial charge in [-0.05, 0) is 24.5 Å². The first kappa shape index (κ1) is 11.9. The van der Waals surface area contributed by atoms with Gasteiger partial charge in [0.2, 0.25) is 0 Å². The van der Waals surface area contributed by atoms with Gasteiger partial charge in [-0.1, -0.05) is 6.07 Å². The zero-order chi connectivity index (χ0) is 13.2. The molecular formula is C14H16N4O. The Hall–Kier alpha value is -2.17. The van der Waals surface area contributed by atoms with Crippen molar-refractivity contribution < 1.29 is 0 Å². The molecule has 1 aliphatic heterocycles. The fourth-order valence-corrected chi connectivity index (χ4v) is 2.62. The van der Waals surface area contributed by atoms with Crippen molar-refractivity contribution in [1.29, 1.82) is 0 Å². The molecule has 5 heteroatoms. The molecule has 19 heavy (non-hydrogen) atoms. The number of pyridine rings is 1. The van der Waals surface area contributed by atoms with Crippen LogP contribution in [0.3, 0.4) is 0 Å². The summed E-state index contributed by atoms with van der Waals surface area (Å²) in [6.07, 6.45) is 9.10. The molecule has 5 nitrogen and oxygen atoms in total. The maximum Gasteiger partial charge on any atom is 0.293 e. The fraction of sp³-hybridized carbons (Fsp3) is 0.357. The Bertz CT molecular complexity index is 623. The Kier molecular flexibility index (Phi) is 3.03. The normalized spacial score (nSPS) is 18.8. The summed E-state index contributed by atoms with van der Waals surface area (Å²) >= 11 is 0. The van der Waals surface area contributed by atoms with Crippen LogP contribution >= 0.6 is 0 Å². The van der Waals surface area contributed by atoms with E-state index in [1.54, 1.807) is 30.2 Å². The van der Waals surface area contributed by atoms with Crippen LogP contribution in [0.2, 0.25) is 0 Å². The molecule has 0 aliphatic carbocycles. The fourth-order valence-electron chi connectivity index (χ4n) is 2.62. The SMILES string of the molecule is Cn1ccnc(N2CCCC2c2cccnc2)c1=O. The van der Waals surface area contributed by atoms with Crippen molar-refractivity contribution in [2.75, 3.05) is 11.4 Å². The predicted molar refractivity (Wildman–Crippen MR) is 73.0 cm³/mol. The van der Waals surface area contributed by atoms with Crippen LogP contribution in [0.25, 0.3) is 0 Å². The molecule has 0 bridgehead atoms. The maximum absolute atomic E-state index is 12.2. The summed E-state index contributed by atoms with van der Waals surface area (Å²) in [7, 11) is 1.75. The lowest BCUT2D eigenvalue weighted by molar-refractivity contribution is 0.694. The molecular weight excluding hydrogens is 240 g/mol. The highest BCUT2D eigenvalue weighted by Gasteiger charge is 2.29. The van der Waals surface area contributed by atoms with Crippen LogP contribution in [-0.4, -0.2) is 21.1 Å². The second kappa shape index (κ2) is 4.84. The summed E-state index contributed by atoms with van der Waals surface area (Å²) < 4.78 is 1.57. The molecule has 1 aliphatic rings. The van der Waals surface area contributed by atoms with Gasteiger partial charge in [-0.2, -0.15) is 0 Å². The third-order valence-electron chi connectivity index (χ3n) is 3.59. The minimum Gasteiger partial charge on any atom is -0.345 e. The van der Waals surface area contributed by atoms with Crippen LogP contribution in [0, 0.1) is 0 Å². The molecule has 0 N–H and O–H groups in total. The number of aryl methyl sites for hydroxylation is 1. The molecule has 98 valence electrons. The van der Waals surface area contributed by atoms with Gasteiger partial charge in [0.1, 0.15) is 0 Å². The van der Waals surface area contributed by atoms with Crippen LogP contribution in [0.15, 0.2) is 41.7 Å². The van der Waals surface area contributed by atoms with E-state index in [4.69, 9.17) is 0 Å². The van der Waals surface area contributed by atoms with E-state index in [2.05, 4.69) is 20.9 Å². The number of nitrogens with zero attached hydrogens (tertiary/aromatic N) is 4. The topological polar surface area (TPSA) is 51.0 Å². The van der Waals surface area contributed by atoms with Gasteiger partial charge in [0.15, 0.2) is 5.82 Å². The highest BCUT2D eigenvalue weighted by Crippen LogP contribution is 2.33. The van der Waals surface area contributed by atoms with E-state index < -0.39 is 0 Å². The van der Waals surface area contributed by atoms with Crippen molar-refractivity contribution in [2.24, 2.45) is 7.05 Å². The van der Waals surface area contributed by atoms with Gasteiger partial charge < -0.3 is 9.47 Å². The van der Waals surface area contributed by atoms with Crippen LogP contribution in [-0.2, 0) is 7.05 Å². The molecule has 3 heterocycles. The van der Waals surface area contributed by atoms with E-state index in [1.807, 2.05) is 12.3 Å². The smallest absolute Gasteiger partial charge is 0.293 e. The molecule has 0 amide bonds. The zero-order valence-corrected chi connectivity index (χ0v) is 10.9. The lowest BCUT2D eigenvalue weighted by Crippen LogP contribution is -2.32.